The molecule has 1 aliphatic rings. The number of benzene rings is 1. The Labute approximate surface area is 115 Å². The highest BCUT2D eigenvalue weighted by molar-refractivity contribution is 6.30. The average molecular weight is 289 g/mol. The van der Waals surface area contributed by atoms with Crippen molar-refractivity contribution in [3.63, 3.8) is 0 Å². The fraction of sp³-hybridized carbons (Fsp3) is 0.462. The van der Waals surface area contributed by atoms with Crippen molar-refractivity contribution < 1.29 is 13.6 Å². The summed E-state index contributed by atoms with van der Waals surface area (Å²) in [6.07, 6.45) is 0.186. The number of carbonyl (C=O) groups is 1. The van der Waals surface area contributed by atoms with E-state index >= 15 is 0 Å². The maximum atomic E-state index is 12.9. The number of hydrogen-bond donors (Lipinski definition) is 2. The second-order valence-electron chi connectivity index (χ2n) is 4.66. The molecule has 1 aromatic rings. The predicted octanol–water partition coefficient (Wildman–Crippen LogP) is 2.00. The largest absolute Gasteiger partial charge is 0.354 e. The van der Waals surface area contributed by atoms with Gasteiger partial charge in [-0.1, -0.05) is 23.7 Å². The normalized spacial score (nSPS) is 21.3. The predicted molar refractivity (Wildman–Crippen MR) is 69.5 cm³/mol. The molecule has 2 N–H and O–H groups in total. The first-order valence-corrected chi connectivity index (χ1v) is 6.47. The van der Waals surface area contributed by atoms with Gasteiger partial charge in [0.1, 0.15) is 0 Å². The Morgan fingerprint density at radius 2 is 2.32 bits per heavy atom. The fourth-order valence-corrected chi connectivity index (χ4v) is 2.26. The van der Waals surface area contributed by atoms with Crippen LogP contribution in [-0.4, -0.2) is 31.0 Å². The van der Waals surface area contributed by atoms with E-state index in [0.29, 0.717) is 18.0 Å². The summed E-state index contributed by atoms with van der Waals surface area (Å²) in [5.41, 5.74) is 0.998. The molecule has 1 unspecified atom stereocenters. The third kappa shape index (κ3) is 4.14. The molecule has 0 radical (unpaired) electrons. The molecule has 0 aromatic heterocycles. The number of rotatable bonds is 4. The minimum absolute atomic E-state index is 0.376. The van der Waals surface area contributed by atoms with E-state index in [1.807, 2.05) is 18.2 Å². The molecule has 0 bridgehead atoms. The third-order valence-electron chi connectivity index (χ3n) is 3.03. The zero-order chi connectivity index (χ0) is 13.9. The summed E-state index contributed by atoms with van der Waals surface area (Å²) < 4.78 is 25.9. The number of halogens is 3. The fourth-order valence-electron chi connectivity index (χ4n) is 2.05. The van der Waals surface area contributed by atoms with Crippen molar-refractivity contribution in [2.75, 3.05) is 13.1 Å². The summed E-state index contributed by atoms with van der Waals surface area (Å²) >= 11 is 5.84. The van der Waals surface area contributed by atoms with Crippen LogP contribution in [-0.2, 0) is 11.2 Å². The molecule has 19 heavy (non-hydrogen) atoms. The van der Waals surface area contributed by atoms with Crippen LogP contribution < -0.4 is 10.6 Å². The lowest BCUT2D eigenvalue weighted by atomic mass is 10.1. The number of carbonyl (C=O) groups excluding carboxylic acids is 1. The molecule has 1 aromatic carbocycles. The second-order valence-corrected chi connectivity index (χ2v) is 5.10. The van der Waals surface area contributed by atoms with Gasteiger partial charge in [-0.25, -0.2) is 8.78 Å². The zero-order valence-corrected chi connectivity index (χ0v) is 11.0. The van der Waals surface area contributed by atoms with Crippen molar-refractivity contribution in [3.8, 4) is 0 Å². The Morgan fingerprint density at radius 3 is 2.95 bits per heavy atom. The monoisotopic (exact) mass is 288 g/mol. The quantitative estimate of drug-likeness (QED) is 0.890. The molecule has 0 saturated carbocycles. The first kappa shape index (κ1) is 14.2. The van der Waals surface area contributed by atoms with Crippen LogP contribution in [0, 0.1) is 0 Å². The third-order valence-corrected chi connectivity index (χ3v) is 3.26. The van der Waals surface area contributed by atoms with Gasteiger partial charge in [0, 0.05) is 18.0 Å². The van der Waals surface area contributed by atoms with Gasteiger partial charge in [0.05, 0.1) is 12.6 Å². The van der Waals surface area contributed by atoms with E-state index < -0.39 is 24.9 Å². The molecular formula is C13H15ClF2N2O. The van der Waals surface area contributed by atoms with E-state index in [-0.39, 0.29) is 5.91 Å². The van der Waals surface area contributed by atoms with Gasteiger partial charge >= 0.3 is 0 Å². The van der Waals surface area contributed by atoms with Crippen LogP contribution in [0.15, 0.2) is 24.3 Å². The minimum atomic E-state index is -2.78. The van der Waals surface area contributed by atoms with Crippen LogP contribution in [0.3, 0.4) is 0 Å². The average Bonchev–Trinajstić information content (AvgIpc) is 2.70. The van der Waals surface area contributed by atoms with Gasteiger partial charge in [0.2, 0.25) is 5.91 Å². The number of nitrogens with one attached hydrogen (secondary N) is 2. The smallest absolute Gasteiger partial charge is 0.262 e. The van der Waals surface area contributed by atoms with Crippen molar-refractivity contribution in [1.29, 1.82) is 0 Å². The zero-order valence-electron chi connectivity index (χ0n) is 10.3. The van der Waals surface area contributed by atoms with Crippen LogP contribution in [0.25, 0.3) is 0 Å². The van der Waals surface area contributed by atoms with Crippen molar-refractivity contribution in [2.45, 2.75) is 24.8 Å². The lowest BCUT2D eigenvalue weighted by Gasteiger charge is -2.11. The van der Waals surface area contributed by atoms with Gasteiger partial charge in [-0.05, 0) is 24.1 Å². The van der Waals surface area contributed by atoms with Crippen molar-refractivity contribution >= 4 is 17.5 Å². The summed E-state index contributed by atoms with van der Waals surface area (Å²) in [7, 11) is 0. The first-order chi connectivity index (χ1) is 8.96. The van der Waals surface area contributed by atoms with E-state index in [1.54, 1.807) is 6.07 Å². The van der Waals surface area contributed by atoms with Gasteiger partial charge < -0.3 is 5.32 Å². The summed E-state index contributed by atoms with van der Waals surface area (Å²) in [4.78, 5) is 11.7. The molecule has 6 heteroatoms. The van der Waals surface area contributed by atoms with Crippen LogP contribution >= 0.6 is 11.6 Å². The molecule has 1 fully saturated rings. The molecule has 0 spiro atoms. The lowest BCUT2D eigenvalue weighted by Crippen LogP contribution is -2.41. The molecular weight excluding hydrogens is 274 g/mol. The topological polar surface area (TPSA) is 41.1 Å². The molecule has 1 heterocycles. The van der Waals surface area contributed by atoms with Gasteiger partial charge in [0.25, 0.3) is 5.92 Å². The number of hydrogen-bond acceptors (Lipinski definition) is 2. The van der Waals surface area contributed by atoms with E-state index in [1.165, 1.54) is 0 Å². The summed E-state index contributed by atoms with van der Waals surface area (Å²) in [5.74, 6) is -3.16. The van der Waals surface area contributed by atoms with Gasteiger partial charge in [-0.3, -0.25) is 10.1 Å². The van der Waals surface area contributed by atoms with Crippen LogP contribution in [0.2, 0.25) is 5.02 Å². The number of amides is 1. The van der Waals surface area contributed by atoms with Crippen LogP contribution in [0.5, 0.6) is 0 Å². The van der Waals surface area contributed by atoms with E-state index in [4.69, 9.17) is 11.6 Å². The Kier molecular flexibility index (Phi) is 4.37. The van der Waals surface area contributed by atoms with Gasteiger partial charge in [-0.15, -0.1) is 0 Å². The Bertz CT molecular complexity index is 468. The van der Waals surface area contributed by atoms with Crippen molar-refractivity contribution in [1.82, 2.24) is 10.6 Å². The summed E-state index contributed by atoms with van der Waals surface area (Å²) in [5, 5.41) is 5.81. The van der Waals surface area contributed by atoms with Gasteiger partial charge in [0.15, 0.2) is 0 Å². The highest BCUT2D eigenvalue weighted by Gasteiger charge is 2.42. The molecule has 0 aliphatic carbocycles. The maximum Gasteiger partial charge on any atom is 0.262 e. The van der Waals surface area contributed by atoms with Crippen molar-refractivity contribution in [3.05, 3.63) is 34.9 Å². The standard InChI is InChI=1S/C13H15ClF2N2O/c14-10-3-1-2-9(6-10)4-5-17-12(19)11-7-13(15,16)8-18-11/h1-3,6,11,18H,4-5,7-8H2,(H,17,19). The molecule has 1 atom stereocenters. The Balaban J connectivity index is 1.76. The highest BCUT2D eigenvalue weighted by atomic mass is 35.5. The molecule has 3 nitrogen and oxygen atoms in total. The Morgan fingerprint density at radius 1 is 1.53 bits per heavy atom. The molecule has 1 saturated heterocycles. The maximum absolute atomic E-state index is 12.9. The molecule has 2 rings (SSSR count). The van der Waals surface area contributed by atoms with Crippen LogP contribution in [0.4, 0.5) is 8.78 Å². The molecule has 104 valence electrons. The highest BCUT2D eigenvalue weighted by Crippen LogP contribution is 2.24. The van der Waals surface area contributed by atoms with Crippen molar-refractivity contribution in [2.24, 2.45) is 0 Å². The lowest BCUT2D eigenvalue weighted by molar-refractivity contribution is -0.123. The van der Waals surface area contributed by atoms with E-state index in [2.05, 4.69) is 10.6 Å². The number of alkyl halides is 2. The van der Waals surface area contributed by atoms with Gasteiger partial charge in [-0.2, -0.15) is 0 Å². The molecule has 1 aliphatic heterocycles. The SMILES string of the molecule is O=C(NCCc1cccc(Cl)c1)C1CC(F)(F)CN1. The van der Waals surface area contributed by atoms with Crippen LogP contribution in [0.1, 0.15) is 12.0 Å². The summed E-state index contributed by atoms with van der Waals surface area (Å²) in [6.45, 7) is -0.0255. The second kappa shape index (κ2) is 5.84. The molecule has 1 amide bonds. The Hall–Kier alpha value is -1.20. The first-order valence-electron chi connectivity index (χ1n) is 6.10. The van der Waals surface area contributed by atoms with E-state index in [9.17, 15) is 13.6 Å². The minimum Gasteiger partial charge on any atom is -0.354 e. The van der Waals surface area contributed by atoms with E-state index in [0.717, 1.165) is 5.56 Å². The summed E-state index contributed by atoms with van der Waals surface area (Å²) in [6, 6.07) is 6.52.